The molecule has 0 bridgehead atoms. The maximum absolute atomic E-state index is 13.3. The van der Waals surface area contributed by atoms with Crippen LogP contribution in [-0.2, 0) is 0 Å². The molecule has 2 aromatic heterocycles. The average Bonchev–Trinajstić information content (AvgIpc) is 3.31. The number of fused-ring (bicyclic) bond motifs is 1. The molecule has 5 rings (SSSR count). The van der Waals surface area contributed by atoms with Crippen LogP contribution in [0, 0.1) is 0 Å². The first-order valence-corrected chi connectivity index (χ1v) is 11.9. The third kappa shape index (κ3) is 4.35. The number of nitrogens with one attached hydrogen (secondary N) is 1. The van der Waals surface area contributed by atoms with E-state index in [0.717, 1.165) is 52.1 Å². The van der Waals surface area contributed by atoms with Gasteiger partial charge in [0.2, 0.25) is 0 Å². The van der Waals surface area contributed by atoms with Gasteiger partial charge in [-0.05, 0) is 43.7 Å². The second-order valence-electron chi connectivity index (χ2n) is 9.18. The molecule has 1 fully saturated rings. The van der Waals surface area contributed by atoms with Crippen molar-refractivity contribution in [1.82, 2.24) is 19.8 Å². The summed E-state index contributed by atoms with van der Waals surface area (Å²) in [5.41, 5.74) is 4.75. The Morgan fingerprint density at radius 3 is 2.54 bits per heavy atom. The number of hydrogen-bond donors (Lipinski definition) is 2. The van der Waals surface area contributed by atoms with Crippen molar-refractivity contribution >= 4 is 16.9 Å². The number of aromatic amines is 1. The normalized spacial score (nSPS) is 14.6. The molecule has 0 saturated carbocycles. The Balaban J connectivity index is 1.48. The predicted octanol–water partition coefficient (Wildman–Crippen LogP) is 4.78. The van der Waals surface area contributed by atoms with Gasteiger partial charge in [-0.3, -0.25) is 9.69 Å². The van der Waals surface area contributed by atoms with Gasteiger partial charge in [0.1, 0.15) is 17.1 Å². The number of carbonyl (C=O) groups excluding carboxylic acids is 1. The molecule has 0 aliphatic carbocycles. The first kappa shape index (κ1) is 22.9. The highest BCUT2D eigenvalue weighted by molar-refractivity contribution is 6.00. The number of carbonyl (C=O) groups is 1. The van der Waals surface area contributed by atoms with Crippen molar-refractivity contribution in [2.24, 2.45) is 0 Å². The first-order valence-electron chi connectivity index (χ1n) is 11.9. The van der Waals surface area contributed by atoms with Crippen LogP contribution in [0.5, 0.6) is 11.5 Å². The number of benzene rings is 2. The second kappa shape index (κ2) is 9.43. The minimum Gasteiger partial charge on any atom is -0.507 e. The number of phenols is 1. The van der Waals surface area contributed by atoms with Gasteiger partial charge in [0.15, 0.2) is 0 Å². The van der Waals surface area contributed by atoms with Crippen LogP contribution in [0.2, 0.25) is 0 Å². The zero-order valence-electron chi connectivity index (χ0n) is 20.3. The highest BCUT2D eigenvalue weighted by Crippen LogP contribution is 2.36. The molecule has 2 aromatic carbocycles. The lowest BCUT2D eigenvalue weighted by Gasteiger charge is -2.37. The molecule has 0 spiro atoms. The van der Waals surface area contributed by atoms with Crippen molar-refractivity contribution in [2.75, 3.05) is 33.3 Å². The first-order chi connectivity index (χ1) is 17.0. The van der Waals surface area contributed by atoms with Crippen molar-refractivity contribution in [3.63, 3.8) is 0 Å². The molecule has 0 unspecified atom stereocenters. The van der Waals surface area contributed by atoms with Crippen molar-refractivity contribution in [3.8, 4) is 33.8 Å². The molecule has 1 amide bonds. The molecule has 180 valence electrons. The van der Waals surface area contributed by atoms with Gasteiger partial charge >= 0.3 is 0 Å². The largest absolute Gasteiger partial charge is 0.507 e. The third-order valence-electron chi connectivity index (χ3n) is 6.82. The molecule has 0 radical (unpaired) electrons. The zero-order chi connectivity index (χ0) is 24.5. The zero-order valence-corrected chi connectivity index (χ0v) is 20.3. The molecule has 1 aliphatic heterocycles. The molecule has 1 saturated heterocycles. The van der Waals surface area contributed by atoms with E-state index < -0.39 is 0 Å². The minimum absolute atomic E-state index is 0.00423. The van der Waals surface area contributed by atoms with Gasteiger partial charge in [-0.2, -0.15) is 0 Å². The maximum Gasteiger partial charge on any atom is 0.257 e. The highest BCUT2D eigenvalue weighted by atomic mass is 16.5. The number of para-hydroxylation sites is 1. The molecular formula is C28H30N4O3. The number of piperazine rings is 1. The van der Waals surface area contributed by atoms with E-state index in [9.17, 15) is 9.90 Å². The Bertz CT molecular complexity index is 1370. The number of amides is 1. The summed E-state index contributed by atoms with van der Waals surface area (Å²) in [5, 5.41) is 11.5. The van der Waals surface area contributed by atoms with E-state index in [-0.39, 0.29) is 11.7 Å². The van der Waals surface area contributed by atoms with E-state index >= 15 is 0 Å². The van der Waals surface area contributed by atoms with E-state index in [1.807, 2.05) is 41.4 Å². The van der Waals surface area contributed by atoms with E-state index in [0.29, 0.717) is 24.7 Å². The van der Waals surface area contributed by atoms with Gasteiger partial charge in [0, 0.05) is 66.7 Å². The molecule has 4 aromatic rings. The van der Waals surface area contributed by atoms with Crippen LogP contribution in [0.1, 0.15) is 24.2 Å². The summed E-state index contributed by atoms with van der Waals surface area (Å²) in [4.78, 5) is 25.3. The van der Waals surface area contributed by atoms with Crippen LogP contribution < -0.4 is 4.74 Å². The fourth-order valence-corrected chi connectivity index (χ4v) is 4.75. The SMILES string of the molecule is COc1ccccc1-c1c[nH]c2ncc(-c3ccc(O)c(C(=O)N4CCN(C(C)C)CC4)c3)cc12. The highest BCUT2D eigenvalue weighted by Gasteiger charge is 2.25. The standard InChI is InChI=1S/C28H30N4O3/c1-18(2)31-10-12-32(13-11-31)28(34)23-14-19(8-9-25(23)33)20-15-22-24(17-30-27(22)29-16-20)21-6-4-5-7-26(21)35-3/h4-9,14-18,33H,10-13H2,1-3H3,(H,29,30). The molecule has 0 atom stereocenters. The number of rotatable bonds is 5. The summed E-state index contributed by atoms with van der Waals surface area (Å²) in [6.07, 6.45) is 3.72. The lowest BCUT2D eigenvalue weighted by molar-refractivity contribution is 0.0593. The Morgan fingerprint density at radius 1 is 1.03 bits per heavy atom. The van der Waals surface area contributed by atoms with Gasteiger partial charge in [-0.15, -0.1) is 0 Å². The summed E-state index contributed by atoms with van der Waals surface area (Å²) in [6, 6.07) is 15.6. The summed E-state index contributed by atoms with van der Waals surface area (Å²) in [6.45, 7) is 7.32. The average molecular weight is 471 g/mol. The number of ether oxygens (including phenoxy) is 1. The minimum atomic E-state index is -0.141. The maximum atomic E-state index is 13.3. The van der Waals surface area contributed by atoms with Gasteiger partial charge < -0.3 is 19.7 Å². The lowest BCUT2D eigenvalue weighted by Crippen LogP contribution is -2.50. The van der Waals surface area contributed by atoms with Crippen LogP contribution in [0.25, 0.3) is 33.3 Å². The monoisotopic (exact) mass is 470 g/mol. The molecule has 2 N–H and O–H groups in total. The fourth-order valence-electron chi connectivity index (χ4n) is 4.75. The number of nitrogens with zero attached hydrogens (tertiary/aromatic N) is 3. The Labute approximate surface area is 205 Å². The van der Waals surface area contributed by atoms with Crippen LogP contribution in [0.4, 0.5) is 0 Å². The fraction of sp³-hybridized carbons (Fsp3) is 0.286. The van der Waals surface area contributed by atoms with Crippen molar-refractivity contribution in [2.45, 2.75) is 19.9 Å². The van der Waals surface area contributed by atoms with E-state index in [1.54, 1.807) is 25.4 Å². The summed E-state index contributed by atoms with van der Waals surface area (Å²) in [7, 11) is 1.66. The van der Waals surface area contributed by atoms with Crippen molar-refractivity contribution in [3.05, 3.63) is 66.5 Å². The van der Waals surface area contributed by atoms with Crippen LogP contribution >= 0.6 is 0 Å². The third-order valence-corrected chi connectivity index (χ3v) is 6.82. The Kier molecular flexibility index (Phi) is 6.17. The molecule has 7 nitrogen and oxygen atoms in total. The van der Waals surface area contributed by atoms with Crippen molar-refractivity contribution in [1.29, 1.82) is 0 Å². The lowest BCUT2D eigenvalue weighted by atomic mass is 9.99. The number of hydrogen-bond acceptors (Lipinski definition) is 5. The van der Waals surface area contributed by atoms with E-state index in [2.05, 4.69) is 34.8 Å². The Hall–Kier alpha value is -3.84. The number of phenolic OH excluding ortho intramolecular Hbond substituents is 1. The molecule has 35 heavy (non-hydrogen) atoms. The van der Waals surface area contributed by atoms with Gasteiger partial charge in [-0.25, -0.2) is 4.98 Å². The molecule has 1 aliphatic rings. The predicted molar refractivity (Wildman–Crippen MR) is 138 cm³/mol. The summed E-state index contributed by atoms with van der Waals surface area (Å²) < 4.78 is 5.56. The van der Waals surface area contributed by atoms with Crippen LogP contribution in [-0.4, -0.2) is 70.1 Å². The quantitative estimate of drug-likeness (QED) is 0.439. The summed E-state index contributed by atoms with van der Waals surface area (Å²) in [5.74, 6) is 0.641. The van der Waals surface area contributed by atoms with E-state index in [4.69, 9.17) is 4.74 Å². The number of aromatic hydroxyl groups is 1. The van der Waals surface area contributed by atoms with Crippen LogP contribution in [0.3, 0.4) is 0 Å². The van der Waals surface area contributed by atoms with E-state index in [1.165, 1.54) is 0 Å². The van der Waals surface area contributed by atoms with Crippen LogP contribution in [0.15, 0.2) is 60.9 Å². The van der Waals surface area contributed by atoms with Crippen molar-refractivity contribution < 1.29 is 14.6 Å². The smallest absolute Gasteiger partial charge is 0.257 e. The number of aromatic nitrogens is 2. The molecule has 3 heterocycles. The number of pyridine rings is 1. The van der Waals surface area contributed by atoms with Gasteiger partial charge in [0.25, 0.3) is 5.91 Å². The van der Waals surface area contributed by atoms with Gasteiger partial charge in [0.05, 0.1) is 12.7 Å². The molecule has 7 heteroatoms. The number of H-pyrrole nitrogens is 1. The number of methoxy groups -OCH3 is 1. The second-order valence-corrected chi connectivity index (χ2v) is 9.18. The topological polar surface area (TPSA) is 81.7 Å². The Morgan fingerprint density at radius 2 is 1.80 bits per heavy atom. The summed E-state index contributed by atoms with van der Waals surface area (Å²) >= 11 is 0. The van der Waals surface area contributed by atoms with Gasteiger partial charge in [-0.1, -0.05) is 24.3 Å². The molecular weight excluding hydrogens is 440 g/mol.